The number of pyridine rings is 1. The van der Waals surface area contributed by atoms with Gasteiger partial charge in [0.25, 0.3) is 0 Å². The number of thiazole rings is 1. The first-order chi connectivity index (χ1) is 12.7. The summed E-state index contributed by atoms with van der Waals surface area (Å²) in [5.41, 5.74) is 4.36. The van der Waals surface area contributed by atoms with Crippen molar-refractivity contribution in [2.24, 2.45) is 0 Å². The van der Waals surface area contributed by atoms with Crippen LogP contribution >= 0.6 is 11.3 Å². The van der Waals surface area contributed by atoms with Gasteiger partial charge in [0.1, 0.15) is 23.3 Å². The van der Waals surface area contributed by atoms with Crippen molar-refractivity contribution in [1.82, 2.24) is 19.9 Å². The molecule has 0 saturated carbocycles. The SMILES string of the molecule is Cc1ccccc1Cc1nc2c(Nc3ccc(CF)nc3)ncnc2s1. The van der Waals surface area contributed by atoms with Gasteiger partial charge >= 0.3 is 0 Å². The zero-order chi connectivity index (χ0) is 17.9. The van der Waals surface area contributed by atoms with E-state index in [1.165, 1.54) is 17.5 Å². The molecule has 0 aliphatic carbocycles. The highest BCUT2D eigenvalue weighted by Gasteiger charge is 2.12. The molecule has 3 heterocycles. The number of hydrogen-bond acceptors (Lipinski definition) is 6. The Bertz CT molecular complexity index is 1050. The van der Waals surface area contributed by atoms with E-state index in [2.05, 4.69) is 39.3 Å². The number of aryl methyl sites for hydroxylation is 1. The second-order valence-corrected chi connectivity index (χ2v) is 6.95. The van der Waals surface area contributed by atoms with Gasteiger partial charge in [0.2, 0.25) is 0 Å². The summed E-state index contributed by atoms with van der Waals surface area (Å²) in [7, 11) is 0. The second-order valence-electron chi connectivity index (χ2n) is 5.88. The average Bonchev–Trinajstić information content (AvgIpc) is 3.08. The van der Waals surface area contributed by atoms with Crippen LogP contribution in [0.5, 0.6) is 0 Å². The molecular weight excluding hydrogens is 349 g/mol. The van der Waals surface area contributed by atoms with Gasteiger partial charge in [-0.25, -0.2) is 19.3 Å². The van der Waals surface area contributed by atoms with Gasteiger partial charge in [-0.2, -0.15) is 0 Å². The van der Waals surface area contributed by atoms with E-state index in [-0.39, 0.29) is 0 Å². The van der Waals surface area contributed by atoms with Crippen LogP contribution in [0.1, 0.15) is 21.8 Å². The highest BCUT2D eigenvalue weighted by Crippen LogP contribution is 2.28. The van der Waals surface area contributed by atoms with E-state index in [0.29, 0.717) is 11.5 Å². The van der Waals surface area contributed by atoms with Crippen LogP contribution < -0.4 is 5.32 Å². The number of aromatic nitrogens is 4. The first-order valence-electron chi connectivity index (χ1n) is 8.16. The van der Waals surface area contributed by atoms with Crippen LogP contribution in [-0.2, 0) is 13.1 Å². The van der Waals surface area contributed by atoms with E-state index in [9.17, 15) is 4.39 Å². The highest BCUT2D eigenvalue weighted by molar-refractivity contribution is 7.18. The van der Waals surface area contributed by atoms with Gasteiger partial charge in [-0.05, 0) is 30.2 Å². The summed E-state index contributed by atoms with van der Waals surface area (Å²) in [4.78, 5) is 18.2. The summed E-state index contributed by atoms with van der Waals surface area (Å²) in [6, 6.07) is 11.7. The summed E-state index contributed by atoms with van der Waals surface area (Å²) in [6.45, 7) is 1.52. The zero-order valence-corrected chi connectivity index (χ0v) is 14.9. The van der Waals surface area contributed by atoms with Crippen LogP contribution in [0.3, 0.4) is 0 Å². The Labute approximate surface area is 154 Å². The highest BCUT2D eigenvalue weighted by atomic mass is 32.1. The molecule has 7 heteroatoms. The molecule has 130 valence electrons. The van der Waals surface area contributed by atoms with E-state index in [4.69, 9.17) is 4.98 Å². The molecular formula is C19H16FN5S. The van der Waals surface area contributed by atoms with Gasteiger partial charge in [-0.15, -0.1) is 0 Å². The number of benzene rings is 1. The third-order valence-electron chi connectivity index (χ3n) is 4.07. The lowest BCUT2D eigenvalue weighted by Crippen LogP contribution is -1.97. The molecule has 4 aromatic rings. The molecule has 26 heavy (non-hydrogen) atoms. The molecule has 0 radical (unpaired) electrons. The summed E-state index contributed by atoms with van der Waals surface area (Å²) >= 11 is 1.56. The number of nitrogens with zero attached hydrogens (tertiary/aromatic N) is 4. The predicted molar refractivity (Wildman–Crippen MR) is 102 cm³/mol. The van der Waals surface area contributed by atoms with Crippen LogP contribution in [0, 0.1) is 6.92 Å². The van der Waals surface area contributed by atoms with E-state index in [0.717, 1.165) is 27.5 Å². The molecule has 5 nitrogen and oxygen atoms in total. The Hall–Kier alpha value is -2.93. The van der Waals surface area contributed by atoms with Crippen molar-refractivity contribution in [3.8, 4) is 0 Å². The van der Waals surface area contributed by atoms with Crippen molar-refractivity contribution in [3.05, 3.63) is 70.8 Å². The fourth-order valence-electron chi connectivity index (χ4n) is 2.65. The van der Waals surface area contributed by atoms with Crippen molar-refractivity contribution < 1.29 is 4.39 Å². The number of nitrogens with one attached hydrogen (secondary N) is 1. The molecule has 3 aromatic heterocycles. The molecule has 0 bridgehead atoms. The molecule has 0 unspecified atom stereocenters. The van der Waals surface area contributed by atoms with Gasteiger partial charge < -0.3 is 5.32 Å². The molecule has 0 spiro atoms. The number of anilines is 2. The Kier molecular flexibility index (Phi) is 4.53. The average molecular weight is 365 g/mol. The lowest BCUT2D eigenvalue weighted by Gasteiger charge is -2.05. The quantitative estimate of drug-likeness (QED) is 0.560. The molecule has 0 fully saturated rings. The fraction of sp³-hybridized carbons (Fsp3) is 0.158. The van der Waals surface area contributed by atoms with Crippen molar-refractivity contribution >= 4 is 33.2 Å². The Morgan fingerprint density at radius 3 is 2.73 bits per heavy atom. The van der Waals surface area contributed by atoms with Crippen LogP contribution in [0.25, 0.3) is 10.3 Å². The number of fused-ring (bicyclic) bond motifs is 1. The van der Waals surface area contributed by atoms with Gasteiger partial charge in [0, 0.05) is 6.42 Å². The lowest BCUT2D eigenvalue weighted by molar-refractivity contribution is 0.476. The molecule has 0 aliphatic heterocycles. The van der Waals surface area contributed by atoms with E-state index in [1.807, 2.05) is 12.1 Å². The first-order valence-corrected chi connectivity index (χ1v) is 8.97. The second kappa shape index (κ2) is 7.13. The van der Waals surface area contributed by atoms with Crippen LogP contribution in [0.4, 0.5) is 15.9 Å². The van der Waals surface area contributed by atoms with Crippen molar-refractivity contribution in [2.45, 2.75) is 20.0 Å². The van der Waals surface area contributed by atoms with E-state index >= 15 is 0 Å². The molecule has 0 saturated heterocycles. The minimum atomic E-state index is -0.577. The number of alkyl halides is 1. The number of hydrogen-bond donors (Lipinski definition) is 1. The van der Waals surface area contributed by atoms with Crippen molar-refractivity contribution in [3.63, 3.8) is 0 Å². The maximum Gasteiger partial charge on any atom is 0.161 e. The van der Waals surface area contributed by atoms with E-state index < -0.39 is 6.67 Å². The third kappa shape index (κ3) is 3.39. The monoisotopic (exact) mass is 365 g/mol. The lowest BCUT2D eigenvalue weighted by atomic mass is 10.1. The molecule has 1 N–H and O–H groups in total. The molecule has 0 amide bonds. The smallest absolute Gasteiger partial charge is 0.161 e. The largest absolute Gasteiger partial charge is 0.337 e. The topological polar surface area (TPSA) is 63.6 Å². The first kappa shape index (κ1) is 16.5. The number of halogens is 1. The standard InChI is InChI=1S/C19H16FN5S/c1-12-4-2-3-5-13(12)8-16-25-17-18(22-11-23-19(17)26-16)24-15-7-6-14(9-20)21-10-15/h2-7,10-11H,8-9H2,1H3,(H,22,23,24). The Morgan fingerprint density at radius 2 is 1.96 bits per heavy atom. The third-order valence-corrected chi connectivity index (χ3v) is 5.03. The van der Waals surface area contributed by atoms with Crippen molar-refractivity contribution in [1.29, 1.82) is 0 Å². The summed E-state index contributed by atoms with van der Waals surface area (Å²) in [5, 5.41) is 4.18. The summed E-state index contributed by atoms with van der Waals surface area (Å²) < 4.78 is 12.6. The maximum absolute atomic E-state index is 12.6. The Balaban J connectivity index is 1.63. The molecule has 0 aliphatic rings. The Morgan fingerprint density at radius 1 is 1.08 bits per heavy atom. The van der Waals surface area contributed by atoms with Crippen LogP contribution in [0.2, 0.25) is 0 Å². The zero-order valence-electron chi connectivity index (χ0n) is 14.1. The van der Waals surface area contributed by atoms with Crippen molar-refractivity contribution in [2.75, 3.05) is 5.32 Å². The molecule has 0 atom stereocenters. The van der Waals surface area contributed by atoms with E-state index in [1.54, 1.807) is 29.7 Å². The molecule has 4 rings (SSSR count). The maximum atomic E-state index is 12.6. The van der Waals surface area contributed by atoms with Gasteiger partial charge in [0.15, 0.2) is 5.82 Å². The van der Waals surface area contributed by atoms with Gasteiger partial charge in [-0.3, -0.25) is 4.98 Å². The minimum Gasteiger partial charge on any atom is -0.337 e. The number of rotatable bonds is 5. The summed E-state index contributed by atoms with van der Waals surface area (Å²) in [6.07, 6.45) is 3.87. The summed E-state index contributed by atoms with van der Waals surface area (Å²) in [5.74, 6) is 0.622. The molecule has 1 aromatic carbocycles. The van der Waals surface area contributed by atoms with Crippen LogP contribution in [-0.4, -0.2) is 19.9 Å². The normalized spacial score (nSPS) is 11.0. The van der Waals surface area contributed by atoms with Gasteiger partial charge in [0.05, 0.1) is 22.6 Å². The minimum absolute atomic E-state index is 0.401. The predicted octanol–water partition coefficient (Wildman–Crippen LogP) is 4.59. The van der Waals surface area contributed by atoms with Crippen LogP contribution in [0.15, 0.2) is 48.9 Å². The van der Waals surface area contributed by atoms with Gasteiger partial charge in [-0.1, -0.05) is 35.6 Å². The fourth-order valence-corrected chi connectivity index (χ4v) is 3.58.